The molecule has 2 aromatic carbocycles. The van der Waals surface area contributed by atoms with Gasteiger partial charge in [-0.1, -0.05) is 30.3 Å². The molecular formula is C23H24N4O4. The van der Waals surface area contributed by atoms with E-state index < -0.39 is 5.97 Å². The third kappa shape index (κ3) is 4.14. The van der Waals surface area contributed by atoms with Gasteiger partial charge in [-0.15, -0.1) is 0 Å². The molecule has 1 aliphatic rings. The van der Waals surface area contributed by atoms with Gasteiger partial charge in [-0.25, -0.2) is 9.89 Å². The van der Waals surface area contributed by atoms with Gasteiger partial charge in [0.05, 0.1) is 5.39 Å². The van der Waals surface area contributed by atoms with Crippen LogP contribution in [0.2, 0.25) is 0 Å². The number of H-pyrrole nitrogens is 1. The second-order valence-electron chi connectivity index (χ2n) is 7.61. The molecule has 3 aromatic rings. The molecule has 0 radical (unpaired) electrons. The minimum Gasteiger partial charge on any atom is -0.451 e. The fourth-order valence-corrected chi connectivity index (χ4v) is 3.83. The van der Waals surface area contributed by atoms with Crippen molar-refractivity contribution in [3.05, 3.63) is 69.6 Å². The van der Waals surface area contributed by atoms with Crippen molar-refractivity contribution in [2.75, 3.05) is 37.7 Å². The second-order valence-corrected chi connectivity index (χ2v) is 7.61. The van der Waals surface area contributed by atoms with Crippen molar-refractivity contribution in [1.29, 1.82) is 0 Å². The van der Waals surface area contributed by atoms with Gasteiger partial charge in [0.15, 0.2) is 12.3 Å². The molecule has 160 valence electrons. The lowest BCUT2D eigenvalue weighted by Gasteiger charge is -2.37. The third-order valence-electron chi connectivity index (χ3n) is 5.77. The van der Waals surface area contributed by atoms with Crippen LogP contribution in [0, 0.1) is 13.8 Å². The predicted molar refractivity (Wildman–Crippen MR) is 117 cm³/mol. The quantitative estimate of drug-likeness (QED) is 0.649. The summed E-state index contributed by atoms with van der Waals surface area (Å²) in [6.07, 6.45) is 0. The van der Waals surface area contributed by atoms with E-state index in [0.717, 1.165) is 13.1 Å². The molecule has 1 amide bonds. The number of hydrogen-bond acceptors (Lipinski definition) is 6. The van der Waals surface area contributed by atoms with E-state index in [9.17, 15) is 14.4 Å². The summed E-state index contributed by atoms with van der Waals surface area (Å²) in [6.45, 7) is 6.39. The Balaban J connectivity index is 1.36. The summed E-state index contributed by atoms with van der Waals surface area (Å²) in [6, 6.07) is 12.9. The molecule has 0 atom stereocenters. The van der Waals surface area contributed by atoms with E-state index >= 15 is 0 Å². The maximum Gasteiger partial charge on any atom is 0.359 e. The zero-order chi connectivity index (χ0) is 22.0. The van der Waals surface area contributed by atoms with Gasteiger partial charge in [-0.2, -0.15) is 5.10 Å². The molecule has 0 unspecified atom stereocenters. The van der Waals surface area contributed by atoms with E-state index in [1.807, 2.05) is 6.07 Å². The number of aryl methyl sites for hydroxylation is 1. The molecule has 1 aliphatic heterocycles. The molecule has 4 rings (SSSR count). The summed E-state index contributed by atoms with van der Waals surface area (Å²) in [5, 5.41) is 6.85. The summed E-state index contributed by atoms with van der Waals surface area (Å²) in [4.78, 5) is 40.9. The Hall–Kier alpha value is -3.68. The first-order valence-corrected chi connectivity index (χ1v) is 10.2. The summed E-state index contributed by atoms with van der Waals surface area (Å²) >= 11 is 0. The topological polar surface area (TPSA) is 95.6 Å². The van der Waals surface area contributed by atoms with Crippen LogP contribution in [0.15, 0.2) is 47.3 Å². The van der Waals surface area contributed by atoms with Gasteiger partial charge in [0, 0.05) is 37.3 Å². The predicted octanol–water partition coefficient (Wildman–Crippen LogP) is 2.05. The highest BCUT2D eigenvalue weighted by Crippen LogP contribution is 2.24. The first-order chi connectivity index (χ1) is 15.0. The van der Waals surface area contributed by atoms with Crippen molar-refractivity contribution in [2.45, 2.75) is 13.8 Å². The average molecular weight is 420 g/mol. The Morgan fingerprint density at radius 2 is 1.71 bits per heavy atom. The van der Waals surface area contributed by atoms with Gasteiger partial charge in [0.2, 0.25) is 0 Å². The molecule has 1 aromatic heterocycles. The van der Waals surface area contributed by atoms with Crippen molar-refractivity contribution < 1.29 is 14.3 Å². The van der Waals surface area contributed by atoms with Crippen LogP contribution in [0.5, 0.6) is 0 Å². The van der Waals surface area contributed by atoms with Gasteiger partial charge in [-0.05, 0) is 37.1 Å². The van der Waals surface area contributed by atoms with Gasteiger partial charge in [-0.3, -0.25) is 9.59 Å². The number of nitrogens with zero attached hydrogens (tertiary/aromatic N) is 3. The summed E-state index contributed by atoms with van der Waals surface area (Å²) in [5.41, 5.74) is 3.28. The molecule has 0 bridgehead atoms. The van der Waals surface area contributed by atoms with Crippen molar-refractivity contribution in [3.63, 3.8) is 0 Å². The van der Waals surface area contributed by atoms with Crippen molar-refractivity contribution in [2.24, 2.45) is 0 Å². The molecule has 8 nitrogen and oxygen atoms in total. The number of ether oxygens (including phenoxy) is 1. The van der Waals surface area contributed by atoms with Crippen LogP contribution in [0.4, 0.5) is 5.69 Å². The van der Waals surface area contributed by atoms with Gasteiger partial charge >= 0.3 is 5.97 Å². The standard InChI is InChI=1S/C23H24N4O4/c1-15-6-5-9-19(16(15)2)26-10-12-27(13-11-26)20(28)14-31-23(30)21-17-7-3-4-8-18(17)22(29)25-24-21/h3-9H,10-14H2,1-2H3,(H,25,29). The molecule has 1 fully saturated rings. The van der Waals surface area contributed by atoms with Crippen LogP contribution in [-0.4, -0.2) is 59.8 Å². The van der Waals surface area contributed by atoms with Gasteiger partial charge < -0.3 is 14.5 Å². The number of amides is 1. The minimum absolute atomic E-state index is 0.0114. The highest BCUT2D eigenvalue weighted by atomic mass is 16.5. The number of aromatic amines is 1. The van der Waals surface area contributed by atoms with Crippen molar-refractivity contribution in [3.8, 4) is 0 Å². The Morgan fingerprint density at radius 1 is 1.00 bits per heavy atom. The number of aromatic nitrogens is 2. The highest BCUT2D eigenvalue weighted by molar-refractivity contribution is 6.02. The maximum atomic E-state index is 12.6. The fourth-order valence-electron chi connectivity index (χ4n) is 3.83. The monoisotopic (exact) mass is 420 g/mol. The van der Waals surface area contributed by atoms with Crippen molar-refractivity contribution >= 4 is 28.3 Å². The number of anilines is 1. The van der Waals surface area contributed by atoms with Crippen LogP contribution in [0.1, 0.15) is 21.6 Å². The van der Waals surface area contributed by atoms with Crippen LogP contribution >= 0.6 is 0 Å². The lowest BCUT2D eigenvalue weighted by Crippen LogP contribution is -2.50. The Morgan fingerprint density at radius 3 is 2.45 bits per heavy atom. The molecule has 0 spiro atoms. The largest absolute Gasteiger partial charge is 0.451 e. The Bertz CT molecular complexity index is 1200. The van der Waals surface area contributed by atoms with Gasteiger partial charge in [0.25, 0.3) is 11.5 Å². The first kappa shape index (κ1) is 20.6. The Labute approximate surface area is 179 Å². The van der Waals surface area contributed by atoms with Crippen LogP contribution < -0.4 is 10.5 Å². The van der Waals surface area contributed by atoms with Crippen LogP contribution in [0.3, 0.4) is 0 Å². The van der Waals surface area contributed by atoms with Crippen LogP contribution in [-0.2, 0) is 9.53 Å². The summed E-state index contributed by atoms with van der Waals surface area (Å²) in [7, 11) is 0. The lowest BCUT2D eigenvalue weighted by molar-refractivity contribution is -0.134. The third-order valence-corrected chi connectivity index (χ3v) is 5.77. The SMILES string of the molecule is Cc1cccc(N2CCN(C(=O)COC(=O)c3n[nH]c(=O)c4ccccc34)CC2)c1C. The van der Waals surface area contributed by atoms with E-state index in [2.05, 4.69) is 41.1 Å². The number of fused-ring (bicyclic) bond motifs is 1. The smallest absolute Gasteiger partial charge is 0.359 e. The average Bonchev–Trinajstić information content (AvgIpc) is 2.79. The lowest BCUT2D eigenvalue weighted by atomic mass is 10.1. The number of benzene rings is 2. The molecule has 31 heavy (non-hydrogen) atoms. The van der Waals surface area contributed by atoms with E-state index in [-0.39, 0.29) is 23.8 Å². The Kier molecular flexibility index (Phi) is 5.70. The molecule has 0 saturated carbocycles. The normalized spacial score (nSPS) is 14.0. The molecule has 2 heterocycles. The van der Waals surface area contributed by atoms with Gasteiger partial charge in [0.1, 0.15) is 0 Å². The highest BCUT2D eigenvalue weighted by Gasteiger charge is 2.24. The van der Waals surface area contributed by atoms with E-state index in [1.165, 1.54) is 16.8 Å². The summed E-state index contributed by atoms with van der Waals surface area (Å²) in [5.74, 6) is -0.988. The number of nitrogens with one attached hydrogen (secondary N) is 1. The van der Waals surface area contributed by atoms with Crippen molar-refractivity contribution in [1.82, 2.24) is 15.1 Å². The number of carbonyl (C=O) groups excluding carboxylic acids is 2. The molecule has 8 heteroatoms. The minimum atomic E-state index is -0.741. The van der Waals surface area contributed by atoms with E-state index in [1.54, 1.807) is 29.2 Å². The number of esters is 1. The molecule has 1 saturated heterocycles. The number of hydrogen-bond donors (Lipinski definition) is 1. The first-order valence-electron chi connectivity index (χ1n) is 10.2. The van der Waals surface area contributed by atoms with E-state index in [0.29, 0.717) is 23.9 Å². The zero-order valence-electron chi connectivity index (χ0n) is 17.6. The number of carbonyl (C=O) groups is 2. The zero-order valence-corrected chi connectivity index (χ0v) is 17.6. The molecule has 0 aliphatic carbocycles. The second kappa shape index (κ2) is 8.59. The maximum absolute atomic E-state index is 12.6. The fraction of sp³-hybridized carbons (Fsp3) is 0.304. The molecule has 1 N–H and O–H groups in total. The molecular weight excluding hydrogens is 396 g/mol. The van der Waals surface area contributed by atoms with Crippen LogP contribution in [0.25, 0.3) is 10.8 Å². The summed E-state index contributed by atoms with van der Waals surface area (Å²) < 4.78 is 5.21. The number of rotatable bonds is 4. The van der Waals surface area contributed by atoms with E-state index in [4.69, 9.17) is 4.74 Å². The number of piperazine rings is 1.